The molecule has 0 saturated carbocycles. The fourth-order valence-electron chi connectivity index (χ4n) is 1.63. The van der Waals surface area contributed by atoms with Crippen LogP contribution < -0.4 is 9.47 Å². The molecule has 0 radical (unpaired) electrons. The van der Waals surface area contributed by atoms with Gasteiger partial charge in [-0.1, -0.05) is 12.6 Å². The summed E-state index contributed by atoms with van der Waals surface area (Å²) in [6.07, 6.45) is 1.10. The summed E-state index contributed by atoms with van der Waals surface area (Å²) in [6.45, 7) is 3.33. The molecule has 0 aliphatic heterocycles. The third-order valence-corrected chi connectivity index (χ3v) is 2.49. The second kappa shape index (κ2) is 4.79. The predicted molar refractivity (Wildman–Crippen MR) is 68.0 cm³/mol. The molecule has 0 amide bonds. The second-order valence-corrected chi connectivity index (χ2v) is 3.66. The predicted octanol–water partition coefficient (Wildman–Crippen LogP) is 2.65. The highest BCUT2D eigenvalue weighted by Crippen LogP contribution is 2.32. The van der Waals surface area contributed by atoms with Crippen LogP contribution in [0.5, 0.6) is 17.2 Å². The number of aromatic hydroxyl groups is 1. The summed E-state index contributed by atoms with van der Waals surface area (Å²) in [7, 11) is 1.47. The molecule has 4 heteroatoms. The van der Waals surface area contributed by atoms with Crippen LogP contribution >= 0.6 is 0 Å². The van der Waals surface area contributed by atoms with Gasteiger partial charge in [0.2, 0.25) is 0 Å². The molecule has 0 saturated heterocycles. The van der Waals surface area contributed by atoms with E-state index < -0.39 is 5.97 Å². The number of hydrogen-bond donors (Lipinski definition) is 1. The average Bonchev–Trinajstić information content (AvgIpc) is 2.38. The molecule has 0 heterocycles. The van der Waals surface area contributed by atoms with Gasteiger partial charge in [-0.15, -0.1) is 0 Å². The van der Waals surface area contributed by atoms with Crippen molar-refractivity contribution in [1.82, 2.24) is 0 Å². The van der Waals surface area contributed by atoms with Gasteiger partial charge in [-0.05, 0) is 35.0 Å². The van der Waals surface area contributed by atoms with Gasteiger partial charge >= 0.3 is 5.97 Å². The number of esters is 1. The van der Waals surface area contributed by atoms with Crippen molar-refractivity contribution in [1.29, 1.82) is 0 Å². The molecule has 0 spiro atoms. The number of phenolic OH excluding ortho intramolecular Hbond substituents is 1. The maximum atomic E-state index is 11.1. The van der Waals surface area contributed by atoms with Crippen LogP contribution in [0.4, 0.5) is 0 Å². The highest BCUT2D eigenvalue weighted by atomic mass is 16.5. The van der Waals surface area contributed by atoms with E-state index in [1.54, 1.807) is 30.3 Å². The van der Waals surface area contributed by atoms with E-state index in [9.17, 15) is 9.90 Å². The molecule has 0 fully saturated rings. The average molecular weight is 244 g/mol. The van der Waals surface area contributed by atoms with E-state index >= 15 is 0 Å². The highest BCUT2D eigenvalue weighted by molar-refractivity contribution is 5.89. The van der Waals surface area contributed by atoms with Crippen molar-refractivity contribution in [3.05, 3.63) is 43.0 Å². The van der Waals surface area contributed by atoms with Crippen molar-refractivity contribution < 1.29 is 19.4 Å². The van der Waals surface area contributed by atoms with Gasteiger partial charge in [0.1, 0.15) is 5.75 Å². The topological polar surface area (TPSA) is 55.8 Å². The van der Waals surface area contributed by atoms with Crippen molar-refractivity contribution >= 4 is 16.7 Å². The van der Waals surface area contributed by atoms with Crippen molar-refractivity contribution in [2.45, 2.75) is 0 Å². The quantitative estimate of drug-likeness (QED) is 0.512. The third kappa shape index (κ3) is 2.27. The minimum Gasteiger partial charge on any atom is -0.504 e. The molecule has 0 atom stereocenters. The molecule has 0 aliphatic rings. The number of methoxy groups -OCH3 is 1. The SMILES string of the molecule is C=CC(=O)Oc1ccc2cc(O)c(OC)cc2c1. The lowest BCUT2D eigenvalue weighted by atomic mass is 10.1. The van der Waals surface area contributed by atoms with E-state index in [2.05, 4.69) is 6.58 Å². The van der Waals surface area contributed by atoms with E-state index in [0.717, 1.165) is 16.8 Å². The number of carbonyl (C=O) groups is 1. The lowest BCUT2D eigenvalue weighted by Crippen LogP contribution is -2.02. The number of rotatable bonds is 3. The van der Waals surface area contributed by atoms with Crippen LogP contribution in [0.1, 0.15) is 0 Å². The maximum absolute atomic E-state index is 11.1. The molecular formula is C14H12O4. The van der Waals surface area contributed by atoms with E-state index in [4.69, 9.17) is 9.47 Å². The first-order valence-corrected chi connectivity index (χ1v) is 5.29. The van der Waals surface area contributed by atoms with Crippen LogP contribution in [0.3, 0.4) is 0 Å². The second-order valence-electron chi connectivity index (χ2n) is 3.66. The lowest BCUT2D eigenvalue weighted by Gasteiger charge is -2.07. The summed E-state index contributed by atoms with van der Waals surface area (Å²) in [5.74, 6) is 0.343. The van der Waals surface area contributed by atoms with E-state index in [1.165, 1.54) is 7.11 Å². The van der Waals surface area contributed by atoms with Crippen LogP contribution in [0.25, 0.3) is 10.8 Å². The van der Waals surface area contributed by atoms with Crippen molar-refractivity contribution in [3.8, 4) is 17.2 Å². The first kappa shape index (κ1) is 12.0. The largest absolute Gasteiger partial charge is 0.504 e. The van der Waals surface area contributed by atoms with Crippen LogP contribution in [0.2, 0.25) is 0 Å². The summed E-state index contributed by atoms with van der Waals surface area (Å²) in [4.78, 5) is 11.1. The molecule has 0 aromatic heterocycles. The third-order valence-electron chi connectivity index (χ3n) is 2.49. The molecule has 1 N–H and O–H groups in total. The number of phenols is 1. The molecule has 92 valence electrons. The number of ether oxygens (including phenoxy) is 2. The van der Waals surface area contributed by atoms with E-state index in [0.29, 0.717) is 11.5 Å². The standard InChI is InChI=1S/C14H12O4/c1-3-14(16)18-11-5-4-9-7-12(15)13(17-2)8-10(9)6-11/h3-8,15H,1H2,2H3. The van der Waals surface area contributed by atoms with Crippen molar-refractivity contribution in [2.24, 2.45) is 0 Å². The summed E-state index contributed by atoms with van der Waals surface area (Å²) in [5.41, 5.74) is 0. The van der Waals surface area contributed by atoms with Gasteiger partial charge in [0.05, 0.1) is 7.11 Å². The van der Waals surface area contributed by atoms with Crippen LogP contribution in [-0.4, -0.2) is 18.2 Å². The maximum Gasteiger partial charge on any atom is 0.335 e. The zero-order valence-corrected chi connectivity index (χ0v) is 9.84. The minimum absolute atomic E-state index is 0.0702. The Morgan fingerprint density at radius 1 is 1.28 bits per heavy atom. The van der Waals surface area contributed by atoms with Gasteiger partial charge in [-0.3, -0.25) is 0 Å². The summed E-state index contributed by atoms with van der Waals surface area (Å²) < 4.78 is 10.0. The van der Waals surface area contributed by atoms with E-state index in [1.807, 2.05) is 0 Å². The number of carbonyl (C=O) groups excluding carboxylic acids is 1. The molecule has 2 rings (SSSR count). The zero-order valence-electron chi connectivity index (χ0n) is 9.84. The molecule has 18 heavy (non-hydrogen) atoms. The molecule has 0 aliphatic carbocycles. The molecular weight excluding hydrogens is 232 g/mol. The minimum atomic E-state index is -0.514. The Morgan fingerprint density at radius 3 is 2.72 bits per heavy atom. The zero-order chi connectivity index (χ0) is 13.1. The van der Waals surface area contributed by atoms with Crippen LogP contribution in [0.15, 0.2) is 43.0 Å². The first-order valence-electron chi connectivity index (χ1n) is 5.29. The smallest absolute Gasteiger partial charge is 0.335 e. The monoisotopic (exact) mass is 244 g/mol. The summed E-state index contributed by atoms with van der Waals surface area (Å²) >= 11 is 0. The molecule has 0 bridgehead atoms. The van der Waals surface area contributed by atoms with E-state index in [-0.39, 0.29) is 5.75 Å². The van der Waals surface area contributed by atoms with Gasteiger partial charge in [-0.25, -0.2) is 4.79 Å². The summed E-state index contributed by atoms with van der Waals surface area (Å²) in [6, 6.07) is 8.36. The number of fused-ring (bicyclic) bond motifs is 1. The normalized spacial score (nSPS) is 10.1. The van der Waals surface area contributed by atoms with Gasteiger partial charge in [0, 0.05) is 6.08 Å². The number of benzene rings is 2. The Kier molecular flexibility index (Phi) is 3.19. The van der Waals surface area contributed by atoms with Crippen LogP contribution in [-0.2, 0) is 4.79 Å². The van der Waals surface area contributed by atoms with Crippen molar-refractivity contribution in [2.75, 3.05) is 7.11 Å². The molecule has 0 unspecified atom stereocenters. The lowest BCUT2D eigenvalue weighted by molar-refractivity contribution is -0.128. The highest BCUT2D eigenvalue weighted by Gasteiger charge is 2.06. The molecule has 2 aromatic rings. The van der Waals surface area contributed by atoms with Crippen molar-refractivity contribution in [3.63, 3.8) is 0 Å². The van der Waals surface area contributed by atoms with Gasteiger partial charge < -0.3 is 14.6 Å². The summed E-state index contributed by atoms with van der Waals surface area (Å²) in [5, 5.41) is 11.3. The Labute approximate surface area is 104 Å². The number of hydrogen-bond acceptors (Lipinski definition) is 4. The van der Waals surface area contributed by atoms with Crippen LogP contribution in [0, 0.1) is 0 Å². The Balaban J connectivity index is 2.46. The fourth-order valence-corrected chi connectivity index (χ4v) is 1.63. The van der Waals surface area contributed by atoms with Gasteiger partial charge in [0.15, 0.2) is 11.5 Å². The Hall–Kier alpha value is -2.49. The molecule has 4 nitrogen and oxygen atoms in total. The Morgan fingerprint density at radius 2 is 2.06 bits per heavy atom. The Bertz CT molecular complexity index is 616. The molecule has 2 aromatic carbocycles. The van der Waals surface area contributed by atoms with Gasteiger partial charge in [0.25, 0.3) is 0 Å². The van der Waals surface area contributed by atoms with Gasteiger partial charge in [-0.2, -0.15) is 0 Å². The first-order chi connectivity index (χ1) is 8.63. The fraction of sp³-hybridized carbons (Fsp3) is 0.0714.